The molecule has 1 saturated carbocycles. The molecule has 0 spiro atoms. The molecule has 1 aliphatic rings. The van der Waals surface area contributed by atoms with Gasteiger partial charge in [0.25, 0.3) is 5.91 Å². The van der Waals surface area contributed by atoms with E-state index < -0.39 is 5.91 Å². The first-order valence-electron chi connectivity index (χ1n) is 4.79. The van der Waals surface area contributed by atoms with Crippen LogP contribution in [0.15, 0.2) is 18.3 Å². The highest BCUT2D eigenvalue weighted by molar-refractivity contribution is 5.94. The number of pyridine rings is 1. The molecule has 0 unspecified atom stereocenters. The quantitative estimate of drug-likeness (QED) is 0.641. The second kappa shape index (κ2) is 3.86. The summed E-state index contributed by atoms with van der Waals surface area (Å²) in [5.41, 5.74) is 0.0267. The molecule has 0 aliphatic heterocycles. The first kappa shape index (κ1) is 9.92. The summed E-state index contributed by atoms with van der Waals surface area (Å²) in [5.74, 6) is -0.528. The SMILES string of the molecule is O=C(NC1CC(O)C1)c1ncccc1O. The predicted octanol–water partition coefficient (Wildman–Crippen LogP) is 0.0403. The molecule has 1 aromatic rings. The number of nitrogens with zero attached hydrogens (tertiary/aromatic N) is 1. The van der Waals surface area contributed by atoms with Crippen molar-refractivity contribution >= 4 is 5.91 Å². The Hall–Kier alpha value is -1.62. The average Bonchev–Trinajstić information content (AvgIpc) is 2.16. The van der Waals surface area contributed by atoms with E-state index in [0.29, 0.717) is 12.8 Å². The number of hydrogen-bond donors (Lipinski definition) is 3. The third-order valence-corrected chi connectivity index (χ3v) is 2.45. The van der Waals surface area contributed by atoms with Crippen LogP contribution in [0, 0.1) is 0 Å². The Morgan fingerprint density at radius 1 is 1.53 bits per heavy atom. The van der Waals surface area contributed by atoms with Gasteiger partial charge in [0.1, 0.15) is 5.75 Å². The van der Waals surface area contributed by atoms with Gasteiger partial charge in [-0.05, 0) is 25.0 Å². The topological polar surface area (TPSA) is 82.5 Å². The van der Waals surface area contributed by atoms with Crippen molar-refractivity contribution < 1.29 is 15.0 Å². The number of amides is 1. The van der Waals surface area contributed by atoms with Crippen LogP contribution in [-0.4, -0.2) is 33.3 Å². The second-order valence-corrected chi connectivity index (χ2v) is 3.67. The molecule has 1 heterocycles. The van der Waals surface area contributed by atoms with Crippen molar-refractivity contribution in [1.82, 2.24) is 10.3 Å². The van der Waals surface area contributed by atoms with E-state index in [1.807, 2.05) is 0 Å². The van der Waals surface area contributed by atoms with E-state index in [-0.39, 0.29) is 23.6 Å². The van der Waals surface area contributed by atoms with Gasteiger partial charge in [0.05, 0.1) is 6.10 Å². The monoisotopic (exact) mass is 208 g/mol. The van der Waals surface area contributed by atoms with E-state index in [0.717, 1.165) is 0 Å². The molecule has 2 rings (SSSR count). The summed E-state index contributed by atoms with van der Waals surface area (Å²) in [5, 5.41) is 21.1. The predicted molar refractivity (Wildman–Crippen MR) is 52.4 cm³/mol. The van der Waals surface area contributed by atoms with Crippen LogP contribution in [0.25, 0.3) is 0 Å². The Morgan fingerprint density at radius 2 is 2.27 bits per heavy atom. The van der Waals surface area contributed by atoms with Crippen LogP contribution < -0.4 is 5.32 Å². The summed E-state index contributed by atoms with van der Waals surface area (Å²) in [4.78, 5) is 15.3. The van der Waals surface area contributed by atoms with Crippen molar-refractivity contribution in [3.8, 4) is 5.75 Å². The standard InChI is InChI=1S/C10H12N2O3/c13-7-4-6(5-7)12-10(15)9-8(14)2-1-3-11-9/h1-3,6-7,13-14H,4-5H2,(H,12,15). The van der Waals surface area contributed by atoms with E-state index in [9.17, 15) is 9.90 Å². The molecular formula is C10H12N2O3. The number of hydrogen-bond acceptors (Lipinski definition) is 4. The van der Waals surface area contributed by atoms with E-state index in [1.54, 1.807) is 6.07 Å². The molecule has 0 atom stereocenters. The maximum absolute atomic E-state index is 11.6. The van der Waals surface area contributed by atoms with Crippen LogP contribution >= 0.6 is 0 Å². The highest BCUT2D eigenvalue weighted by atomic mass is 16.3. The minimum atomic E-state index is -0.398. The molecule has 0 aromatic carbocycles. The zero-order valence-electron chi connectivity index (χ0n) is 8.05. The summed E-state index contributed by atoms with van der Waals surface area (Å²) in [7, 11) is 0. The van der Waals surface area contributed by atoms with Gasteiger partial charge in [-0.15, -0.1) is 0 Å². The molecular weight excluding hydrogens is 196 g/mol. The molecule has 3 N–H and O–H groups in total. The molecule has 1 aromatic heterocycles. The van der Waals surface area contributed by atoms with Gasteiger partial charge in [-0.2, -0.15) is 0 Å². The number of aliphatic hydroxyl groups is 1. The van der Waals surface area contributed by atoms with Crippen LogP contribution in [0.3, 0.4) is 0 Å². The Kier molecular flexibility index (Phi) is 2.55. The largest absolute Gasteiger partial charge is 0.505 e. The lowest BCUT2D eigenvalue weighted by Crippen LogP contribution is -2.46. The van der Waals surface area contributed by atoms with Gasteiger partial charge in [-0.1, -0.05) is 0 Å². The molecule has 0 saturated heterocycles. The molecule has 15 heavy (non-hydrogen) atoms. The summed E-state index contributed by atoms with van der Waals surface area (Å²) >= 11 is 0. The highest BCUT2D eigenvalue weighted by Crippen LogP contribution is 2.20. The zero-order valence-corrected chi connectivity index (χ0v) is 8.05. The second-order valence-electron chi connectivity index (χ2n) is 3.67. The fourth-order valence-electron chi connectivity index (χ4n) is 1.53. The molecule has 0 radical (unpaired) electrons. The van der Waals surface area contributed by atoms with Crippen LogP contribution in [0.1, 0.15) is 23.3 Å². The number of rotatable bonds is 2. The summed E-state index contributed by atoms with van der Waals surface area (Å²) in [6.45, 7) is 0. The lowest BCUT2D eigenvalue weighted by molar-refractivity contribution is 0.0559. The van der Waals surface area contributed by atoms with Gasteiger partial charge in [0, 0.05) is 12.2 Å². The zero-order chi connectivity index (χ0) is 10.8. The van der Waals surface area contributed by atoms with Gasteiger partial charge in [-0.3, -0.25) is 4.79 Å². The van der Waals surface area contributed by atoms with E-state index in [4.69, 9.17) is 5.11 Å². The van der Waals surface area contributed by atoms with E-state index in [1.165, 1.54) is 12.3 Å². The Balaban J connectivity index is 1.99. The van der Waals surface area contributed by atoms with Crippen molar-refractivity contribution in [2.75, 3.05) is 0 Å². The molecule has 1 fully saturated rings. The van der Waals surface area contributed by atoms with E-state index >= 15 is 0 Å². The van der Waals surface area contributed by atoms with Gasteiger partial charge >= 0.3 is 0 Å². The normalized spacial score (nSPS) is 24.3. The van der Waals surface area contributed by atoms with Crippen LogP contribution in [-0.2, 0) is 0 Å². The van der Waals surface area contributed by atoms with Crippen molar-refractivity contribution in [3.05, 3.63) is 24.0 Å². The van der Waals surface area contributed by atoms with Gasteiger partial charge in [0.2, 0.25) is 0 Å². The Labute approximate surface area is 86.8 Å². The van der Waals surface area contributed by atoms with Crippen molar-refractivity contribution in [3.63, 3.8) is 0 Å². The van der Waals surface area contributed by atoms with Gasteiger partial charge in [-0.25, -0.2) is 4.98 Å². The molecule has 80 valence electrons. The van der Waals surface area contributed by atoms with Crippen LogP contribution in [0.4, 0.5) is 0 Å². The number of carbonyl (C=O) groups excluding carboxylic acids is 1. The first-order chi connectivity index (χ1) is 7.16. The molecule has 5 heteroatoms. The van der Waals surface area contributed by atoms with Crippen LogP contribution in [0.5, 0.6) is 5.75 Å². The van der Waals surface area contributed by atoms with Crippen molar-refractivity contribution in [2.45, 2.75) is 25.0 Å². The molecule has 1 aliphatic carbocycles. The summed E-state index contributed by atoms with van der Waals surface area (Å²) < 4.78 is 0. The lowest BCUT2D eigenvalue weighted by atomic mass is 9.89. The molecule has 5 nitrogen and oxygen atoms in total. The number of carbonyl (C=O) groups is 1. The lowest BCUT2D eigenvalue weighted by Gasteiger charge is -2.31. The Bertz CT molecular complexity index is 375. The van der Waals surface area contributed by atoms with E-state index in [2.05, 4.69) is 10.3 Å². The smallest absolute Gasteiger partial charge is 0.273 e. The number of aromatic hydroxyl groups is 1. The molecule has 1 amide bonds. The van der Waals surface area contributed by atoms with Crippen molar-refractivity contribution in [2.24, 2.45) is 0 Å². The third kappa shape index (κ3) is 2.07. The maximum atomic E-state index is 11.6. The first-order valence-corrected chi connectivity index (χ1v) is 4.79. The fourth-order valence-corrected chi connectivity index (χ4v) is 1.53. The summed E-state index contributed by atoms with van der Waals surface area (Å²) in [6, 6.07) is 2.96. The fraction of sp³-hybridized carbons (Fsp3) is 0.400. The number of nitrogens with one attached hydrogen (secondary N) is 1. The number of aliphatic hydroxyl groups excluding tert-OH is 1. The third-order valence-electron chi connectivity index (χ3n) is 2.45. The minimum absolute atomic E-state index is 0.00564. The van der Waals surface area contributed by atoms with Crippen molar-refractivity contribution in [1.29, 1.82) is 0 Å². The highest BCUT2D eigenvalue weighted by Gasteiger charge is 2.29. The minimum Gasteiger partial charge on any atom is -0.505 e. The molecule has 0 bridgehead atoms. The van der Waals surface area contributed by atoms with Crippen LogP contribution in [0.2, 0.25) is 0 Å². The average molecular weight is 208 g/mol. The van der Waals surface area contributed by atoms with Gasteiger partial charge < -0.3 is 15.5 Å². The maximum Gasteiger partial charge on any atom is 0.273 e. The van der Waals surface area contributed by atoms with Gasteiger partial charge in [0.15, 0.2) is 5.69 Å². The summed E-state index contributed by atoms with van der Waals surface area (Å²) in [6.07, 6.45) is 2.27. The Morgan fingerprint density at radius 3 is 2.87 bits per heavy atom. The number of aromatic nitrogens is 1.